The molecule has 0 aromatic heterocycles. The lowest BCUT2D eigenvalue weighted by molar-refractivity contribution is 0.0324. The zero-order valence-electron chi connectivity index (χ0n) is 10.6. The van der Waals surface area contributed by atoms with Crippen molar-refractivity contribution in [2.45, 2.75) is 11.0 Å². The summed E-state index contributed by atoms with van der Waals surface area (Å²) < 4.78 is 40.8. The topological polar surface area (TPSA) is 92.2 Å². The average Bonchev–Trinajstić information content (AvgIpc) is 2.94. The maximum atomic E-state index is 12.3. The zero-order valence-corrected chi connectivity index (χ0v) is 12.2. The number of sulfonamides is 1. The molecule has 0 aliphatic carbocycles. The Morgan fingerprint density at radius 3 is 3.15 bits per heavy atom. The molecule has 1 atom stereocenters. The summed E-state index contributed by atoms with van der Waals surface area (Å²) in [5.74, 6) is 0. The van der Waals surface area contributed by atoms with Crippen molar-refractivity contribution in [2.24, 2.45) is 8.73 Å². The van der Waals surface area contributed by atoms with Crippen molar-refractivity contribution in [3.8, 4) is 0 Å². The molecule has 9 heteroatoms. The molecule has 0 spiro atoms. The van der Waals surface area contributed by atoms with E-state index in [-0.39, 0.29) is 17.5 Å². The van der Waals surface area contributed by atoms with Crippen LogP contribution in [0.1, 0.15) is 0 Å². The lowest BCUT2D eigenvalue weighted by Gasteiger charge is -2.23. The second-order valence-corrected chi connectivity index (χ2v) is 6.70. The summed E-state index contributed by atoms with van der Waals surface area (Å²) >= 11 is 1.00. The van der Waals surface area contributed by atoms with E-state index in [9.17, 15) is 8.42 Å². The Morgan fingerprint density at radius 1 is 1.45 bits per heavy atom. The zero-order chi connectivity index (χ0) is 14.0. The fraction of sp³-hybridized carbons (Fsp3) is 0.455. The van der Waals surface area contributed by atoms with Gasteiger partial charge in [-0.2, -0.15) is 8.73 Å². The molecule has 0 bridgehead atoms. The van der Waals surface area contributed by atoms with Gasteiger partial charge in [-0.15, -0.1) is 0 Å². The van der Waals surface area contributed by atoms with Gasteiger partial charge in [-0.1, -0.05) is 6.07 Å². The molecule has 20 heavy (non-hydrogen) atoms. The van der Waals surface area contributed by atoms with E-state index in [0.29, 0.717) is 24.5 Å². The first kappa shape index (κ1) is 13.8. The summed E-state index contributed by atoms with van der Waals surface area (Å²) in [6.07, 6.45) is -0.147. The number of rotatable bonds is 4. The summed E-state index contributed by atoms with van der Waals surface area (Å²) in [4.78, 5) is 0.160. The molecule has 2 N–H and O–H groups in total. The van der Waals surface area contributed by atoms with E-state index in [4.69, 9.17) is 4.74 Å². The first-order chi connectivity index (χ1) is 9.67. The molecule has 108 valence electrons. The van der Waals surface area contributed by atoms with Crippen LogP contribution in [0.15, 0.2) is 31.8 Å². The molecule has 1 aromatic carbocycles. The first-order valence-corrected chi connectivity index (χ1v) is 8.41. The lowest BCUT2D eigenvalue weighted by Crippen LogP contribution is -2.45. The van der Waals surface area contributed by atoms with Gasteiger partial charge < -0.3 is 10.1 Å². The van der Waals surface area contributed by atoms with Crippen LogP contribution in [-0.2, 0) is 26.1 Å². The predicted molar refractivity (Wildman–Crippen MR) is 75.8 cm³/mol. The van der Waals surface area contributed by atoms with Crippen molar-refractivity contribution in [1.82, 2.24) is 10.0 Å². The normalized spacial score (nSPS) is 21.5. The van der Waals surface area contributed by atoms with Gasteiger partial charge in [-0.25, -0.2) is 13.1 Å². The highest BCUT2D eigenvalue weighted by Crippen LogP contribution is 2.37. The Hall–Kier alpha value is -1.13. The van der Waals surface area contributed by atoms with Gasteiger partial charge in [0, 0.05) is 19.6 Å². The fourth-order valence-electron chi connectivity index (χ4n) is 2.03. The quantitative estimate of drug-likeness (QED) is 0.868. The fourth-order valence-corrected chi connectivity index (χ4v) is 3.86. The van der Waals surface area contributed by atoms with Gasteiger partial charge in [0.15, 0.2) is 0 Å². The third-order valence-electron chi connectivity index (χ3n) is 3.04. The third kappa shape index (κ3) is 2.81. The summed E-state index contributed by atoms with van der Waals surface area (Å²) in [6, 6.07) is 4.94. The van der Waals surface area contributed by atoms with Gasteiger partial charge in [0.2, 0.25) is 10.0 Å². The van der Waals surface area contributed by atoms with Crippen LogP contribution in [-0.4, -0.2) is 40.8 Å². The molecule has 1 aromatic rings. The molecule has 2 heterocycles. The maximum Gasteiger partial charge on any atom is 0.242 e. The highest BCUT2D eigenvalue weighted by Gasteiger charge is 2.24. The number of nitrogens with one attached hydrogen (secondary N) is 2. The minimum Gasteiger partial charge on any atom is -0.374 e. The van der Waals surface area contributed by atoms with Crippen LogP contribution in [0.25, 0.3) is 0 Å². The molecule has 2 aliphatic rings. The predicted octanol–water partition coefficient (Wildman–Crippen LogP) is 0.680. The minimum absolute atomic E-state index is 0.147. The van der Waals surface area contributed by atoms with Gasteiger partial charge in [0.1, 0.15) is 16.3 Å². The highest BCUT2D eigenvalue weighted by atomic mass is 32.2. The van der Waals surface area contributed by atoms with E-state index in [1.807, 2.05) is 0 Å². The van der Waals surface area contributed by atoms with Gasteiger partial charge in [0.05, 0.1) is 24.1 Å². The molecular formula is C11H14N4O3S2. The van der Waals surface area contributed by atoms with E-state index in [1.165, 1.54) is 6.07 Å². The van der Waals surface area contributed by atoms with Crippen molar-refractivity contribution in [1.29, 1.82) is 0 Å². The van der Waals surface area contributed by atoms with Crippen molar-refractivity contribution in [2.75, 3.05) is 26.2 Å². The summed E-state index contributed by atoms with van der Waals surface area (Å²) in [6.45, 7) is 2.28. The number of ether oxygens (including phenoxy) is 1. The SMILES string of the molecule is O=S(=O)(NCC1CNCCO1)c1cccc2c1N=S=N2. The smallest absolute Gasteiger partial charge is 0.242 e. The maximum absolute atomic E-state index is 12.3. The van der Waals surface area contributed by atoms with Crippen molar-refractivity contribution in [3.05, 3.63) is 18.2 Å². The van der Waals surface area contributed by atoms with Crippen molar-refractivity contribution in [3.63, 3.8) is 0 Å². The highest BCUT2D eigenvalue weighted by molar-refractivity contribution is 7.89. The largest absolute Gasteiger partial charge is 0.374 e. The lowest BCUT2D eigenvalue weighted by atomic mass is 10.3. The van der Waals surface area contributed by atoms with Crippen LogP contribution in [0.2, 0.25) is 0 Å². The van der Waals surface area contributed by atoms with E-state index >= 15 is 0 Å². The second-order valence-electron chi connectivity index (χ2n) is 4.44. The van der Waals surface area contributed by atoms with E-state index in [0.717, 1.165) is 17.9 Å². The second kappa shape index (κ2) is 5.70. The molecule has 0 saturated carbocycles. The Kier molecular flexibility index (Phi) is 3.94. The van der Waals surface area contributed by atoms with Gasteiger partial charge in [-0.05, 0) is 12.1 Å². The van der Waals surface area contributed by atoms with E-state index in [2.05, 4.69) is 18.8 Å². The number of hydrogen-bond donors (Lipinski definition) is 2. The Balaban J connectivity index is 1.75. The van der Waals surface area contributed by atoms with Gasteiger partial charge in [0.25, 0.3) is 0 Å². The molecule has 0 radical (unpaired) electrons. The number of fused-ring (bicyclic) bond motifs is 1. The average molecular weight is 314 g/mol. The molecule has 3 rings (SSSR count). The minimum atomic E-state index is -3.61. The van der Waals surface area contributed by atoms with Crippen LogP contribution in [0.5, 0.6) is 0 Å². The standard InChI is InChI=1S/C11H14N4O3S2/c16-20(17,13-7-8-6-12-4-5-18-8)10-3-1-2-9-11(10)15-19-14-9/h1-3,8,12-13H,4-7H2. The molecule has 1 fully saturated rings. The molecule has 2 aliphatic heterocycles. The summed E-state index contributed by atoms with van der Waals surface area (Å²) in [5.41, 5.74) is 1.00. The molecule has 1 saturated heterocycles. The molecular weight excluding hydrogens is 300 g/mol. The molecule has 0 amide bonds. The summed E-state index contributed by atoms with van der Waals surface area (Å²) in [7, 11) is -3.61. The third-order valence-corrected chi connectivity index (χ3v) is 5.04. The van der Waals surface area contributed by atoms with Crippen LogP contribution in [0.4, 0.5) is 11.4 Å². The van der Waals surface area contributed by atoms with E-state index < -0.39 is 10.0 Å². The number of benzene rings is 1. The summed E-state index contributed by atoms with van der Waals surface area (Å²) in [5, 5.41) is 3.16. The Labute approximate surface area is 120 Å². The van der Waals surface area contributed by atoms with Gasteiger partial charge >= 0.3 is 0 Å². The van der Waals surface area contributed by atoms with Crippen LogP contribution in [0, 0.1) is 0 Å². The monoisotopic (exact) mass is 314 g/mol. The van der Waals surface area contributed by atoms with Crippen LogP contribution in [0.3, 0.4) is 0 Å². The number of morpholine rings is 1. The van der Waals surface area contributed by atoms with Crippen LogP contribution >= 0.6 is 0 Å². The van der Waals surface area contributed by atoms with E-state index in [1.54, 1.807) is 12.1 Å². The van der Waals surface area contributed by atoms with Crippen molar-refractivity contribution >= 4 is 32.8 Å². The van der Waals surface area contributed by atoms with Crippen molar-refractivity contribution < 1.29 is 13.2 Å². The number of hydrogen-bond acceptors (Lipinski definition) is 6. The molecule has 7 nitrogen and oxygen atoms in total. The van der Waals surface area contributed by atoms with Crippen LogP contribution < -0.4 is 10.0 Å². The Bertz CT molecular complexity index is 677. The first-order valence-electron chi connectivity index (χ1n) is 6.20. The van der Waals surface area contributed by atoms with Gasteiger partial charge in [-0.3, -0.25) is 0 Å². The molecule has 1 unspecified atom stereocenters. The Morgan fingerprint density at radius 2 is 2.35 bits per heavy atom. The number of nitrogens with zero attached hydrogens (tertiary/aromatic N) is 2.